The molecule has 45 heavy (non-hydrogen) atoms. The summed E-state index contributed by atoms with van der Waals surface area (Å²) < 4.78 is 11.2. The van der Waals surface area contributed by atoms with Crippen molar-refractivity contribution < 1.29 is 19.1 Å². The number of anilines is 6. The molecule has 0 unspecified atom stereocenters. The number of piperazine rings is 1. The fourth-order valence-electron chi connectivity index (χ4n) is 5.38. The van der Waals surface area contributed by atoms with Crippen LogP contribution in [0.1, 0.15) is 36.0 Å². The maximum Gasteiger partial charge on any atom is 0.266 e. The Kier molecular flexibility index (Phi) is 9.11. The van der Waals surface area contributed by atoms with Crippen molar-refractivity contribution in [3.8, 4) is 23.3 Å². The Balaban J connectivity index is 1.32. The third-order valence-electron chi connectivity index (χ3n) is 7.92. The van der Waals surface area contributed by atoms with E-state index in [1.807, 2.05) is 18.2 Å². The number of likely N-dealkylation sites (N-methyl/N-ethyl adjacent to an activating group) is 1. The molecule has 5 heterocycles. The molecule has 6 rings (SSSR count). The number of fused-ring (bicyclic) bond motifs is 2. The normalized spacial score (nSPS) is 17.5. The maximum atomic E-state index is 13.2. The van der Waals surface area contributed by atoms with Gasteiger partial charge in [-0.05, 0) is 38.1 Å². The molecule has 0 saturated carbocycles. The number of aromatic nitrogens is 3. The van der Waals surface area contributed by atoms with Gasteiger partial charge in [-0.25, -0.2) is 9.97 Å². The molecule has 3 aliphatic heterocycles. The summed E-state index contributed by atoms with van der Waals surface area (Å²) in [5, 5.41) is 9.30. The first-order valence-electron chi connectivity index (χ1n) is 15.2. The molecule has 13 nitrogen and oxygen atoms in total. The molecule has 0 atom stereocenters. The number of rotatable bonds is 4. The topological polar surface area (TPSA) is 137 Å². The molecule has 3 aromatic rings. The second kappa shape index (κ2) is 13.7. The second-order valence-corrected chi connectivity index (χ2v) is 11.1. The summed E-state index contributed by atoms with van der Waals surface area (Å²) >= 11 is 0. The molecule has 1 aromatic carbocycles. The summed E-state index contributed by atoms with van der Waals surface area (Å²) in [6.07, 6.45) is 4.81. The van der Waals surface area contributed by atoms with Gasteiger partial charge in [0.05, 0.1) is 13.7 Å². The lowest BCUT2D eigenvalue weighted by Crippen LogP contribution is -2.44. The second-order valence-electron chi connectivity index (χ2n) is 11.1. The lowest BCUT2D eigenvalue weighted by Gasteiger charge is -2.34. The van der Waals surface area contributed by atoms with Gasteiger partial charge in [0, 0.05) is 68.8 Å². The number of hydrogen-bond donors (Lipinski definition) is 3. The number of hydrogen-bond acceptors (Lipinski definition) is 11. The van der Waals surface area contributed by atoms with Crippen LogP contribution >= 0.6 is 0 Å². The predicted molar refractivity (Wildman–Crippen MR) is 172 cm³/mol. The molecule has 2 amide bonds. The Bertz CT molecular complexity index is 1630. The van der Waals surface area contributed by atoms with E-state index in [1.165, 1.54) is 6.20 Å². The molecule has 2 bridgehead atoms. The third-order valence-corrected chi connectivity index (χ3v) is 7.92. The number of nitrogens with one attached hydrogen (secondary N) is 3. The zero-order valence-corrected chi connectivity index (χ0v) is 25.6. The highest BCUT2D eigenvalue weighted by molar-refractivity contribution is 6.00. The summed E-state index contributed by atoms with van der Waals surface area (Å²) in [6, 6.07) is 9.42. The van der Waals surface area contributed by atoms with Crippen molar-refractivity contribution in [3.05, 3.63) is 42.1 Å². The highest BCUT2D eigenvalue weighted by Gasteiger charge is 2.27. The van der Waals surface area contributed by atoms with Gasteiger partial charge in [-0.2, -0.15) is 4.98 Å². The van der Waals surface area contributed by atoms with E-state index in [0.717, 1.165) is 56.8 Å². The van der Waals surface area contributed by atoms with Crippen LogP contribution in [0.2, 0.25) is 0 Å². The van der Waals surface area contributed by atoms with Crippen LogP contribution < -0.4 is 35.2 Å². The SMILES string of the molecule is COc1cc(Nc2ncc3c(n2)Nc2ccc4c(n2)N(CCCCCC#CCNC3=O)C(=O)CO4)cc(N2CCN(C)CC2)c1. The van der Waals surface area contributed by atoms with Crippen molar-refractivity contribution in [3.63, 3.8) is 0 Å². The first-order valence-corrected chi connectivity index (χ1v) is 15.2. The summed E-state index contributed by atoms with van der Waals surface area (Å²) in [6.45, 7) is 4.47. The molecule has 0 spiro atoms. The third kappa shape index (κ3) is 7.18. The minimum Gasteiger partial charge on any atom is -0.497 e. The van der Waals surface area contributed by atoms with E-state index in [2.05, 4.69) is 54.6 Å². The van der Waals surface area contributed by atoms with Crippen molar-refractivity contribution in [1.82, 2.24) is 25.2 Å². The average molecular weight is 612 g/mol. The average Bonchev–Trinajstić information content (AvgIpc) is 3.04. The number of methoxy groups -OCH3 is 1. The zero-order valence-electron chi connectivity index (χ0n) is 25.6. The van der Waals surface area contributed by atoms with E-state index < -0.39 is 0 Å². The molecule has 13 heteroatoms. The molecule has 1 saturated heterocycles. The van der Waals surface area contributed by atoms with Gasteiger partial charge in [-0.3, -0.25) is 14.5 Å². The van der Waals surface area contributed by atoms with Crippen molar-refractivity contribution in [2.45, 2.75) is 25.7 Å². The largest absolute Gasteiger partial charge is 0.497 e. The van der Waals surface area contributed by atoms with E-state index in [-0.39, 0.29) is 42.3 Å². The van der Waals surface area contributed by atoms with Gasteiger partial charge in [-0.1, -0.05) is 12.3 Å². The van der Waals surface area contributed by atoms with Crippen LogP contribution in [-0.2, 0) is 4.79 Å². The van der Waals surface area contributed by atoms with Crippen molar-refractivity contribution >= 4 is 46.6 Å². The fourth-order valence-corrected chi connectivity index (χ4v) is 5.38. The Hall–Kier alpha value is -5.09. The van der Waals surface area contributed by atoms with E-state index in [1.54, 1.807) is 24.1 Å². The highest BCUT2D eigenvalue weighted by Crippen LogP contribution is 2.33. The van der Waals surface area contributed by atoms with Gasteiger partial charge in [0.2, 0.25) is 5.95 Å². The monoisotopic (exact) mass is 611 g/mol. The molecule has 234 valence electrons. The summed E-state index contributed by atoms with van der Waals surface area (Å²) in [5.74, 6) is 8.18. The van der Waals surface area contributed by atoms with Crippen LogP contribution in [0.5, 0.6) is 11.5 Å². The van der Waals surface area contributed by atoms with E-state index in [9.17, 15) is 9.59 Å². The van der Waals surface area contributed by atoms with Gasteiger partial charge in [-0.15, -0.1) is 5.92 Å². The number of ether oxygens (including phenoxy) is 2. The van der Waals surface area contributed by atoms with Gasteiger partial charge < -0.3 is 35.2 Å². The molecule has 3 aliphatic rings. The summed E-state index contributed by atoms with van der Waals surface area (Å²) in [4.78, 5) is 46.2. The van der Waals surface area contributed by atoms with E-state index in [0.29, 0.717) is 36.1 Å². The smallest absolute Gasteiger partial charge is 0.266 e. The van der Waals surface area contributed by atoms with Crippen molar-refractivity contribution in [2.24, 2.45) is 0 Å². The lowest BCUT2D eigenvalue weighted by molar-refractivity contribution is -0.121. The predicted octanol–water partition coefficient (Wildman–Crippen LogP) is 3.15. The van der Waals surface area contributed by atoms with Gasteiger partial charge in [0.25, 0.3) is 11.8 Å². The molecule has 0 aliphatic carbocycles. The van der Waals surface area contributed by atoms with E-state index in [4.69, 9.17) is 14.5 Å². The lowest BCUT2D eigenvalue weighted by atomic mass is 10.2. The molecular weight excluding hydrogens is 574 g/mol. The maximum absolute atomic E-state index is 13.2. The Labute approximate surface area is 262 Å². The van der Waals surface area contributed by atoms with Crippen LogP contribution in [0.25, 0.3) is 0 Å². The first-order chi connectivity index (χ1) is 22.0. The number of nitrogens with zero attached hydrogens (tertiary/aromatic N) is 6. The molecule has 0 radical (unpaired) electrons. The quantitative estimate of drug-likeness (QED) is 0.375. The Morgan fingerprint density at radius 2 is 1.87 bits per heavy atom. The summed E-state index contributed by atoms with van der Waals surface area (Å²) in [5.41, 5.74) is 1.99. The number of benzene rings is 1. The van der Waals surface area contributed by atoms with Crippen LogP contribution in [-0.4, -0.2) is 91.7 Å². The van der Waals surface area contributed by atoms with Crippen molar-refractivity contribution in [2.75, 3.05) is 80.5 Å². The van der Waals surface area contributed by atoms with Crippen molar-refractivity contribution in [1.29, 1.82) is 0 Å². The fraction of sp³-hybridized carbons (Fsp3) is 0.406. The van der Waals surface area contributed by atoms with Crippen LogP contribution in [0.4, 0.5) is 34.8 Å². The van der Waals surface area contributed by atoms with Gasteiger partial charge in [0.1, 0.15) is 22.9 Å². The zero-order chi connectivity index (χ0) is 31.2. The number of amides is 2. The number of pyridine rings is 1. The van der Waals surface area contributed by atoms with Gasteiger partial charge >= 0.3 is 0 Å². The Morgan fingerprint density at radius 3 is 2.71 bits per heavy atom. The van der Waals surface area contributed by atoms with Crippen LogP contribution in [0.15, 0.2) is 36.5 Å². The standard InChI is InChI=1S/C32H37N9O4/c1-39-13-15-40(16-14-39)23-17-22(18-24(19-23)44-2)35-32-34-20-25-29(38-32)36-27-10-9-26-30(37-27)41(28(42)21-45-26)12-8-6-4-3-5-7-11-33-31(25)43/h9-10,17-20H,3-4,6,8,11-16,21H2,1-2H3,(H,33,43)(H2,34,35,36,37,38). The minimum atomic E-state index is -0.375. The molecular formula is C32H37N9O4. The highest BCUT2D eigenvalue weighted by atomic mass is 16.5. The molecule has 1 fully saturated rings. The Morgan fingerprint density at radius 1 is 1.00 bits per heavy atom. The van der Waals surface area contributed by atoms with Crippen LogP contribution in [0.3, 0.4) is 0 Å². The summed E-state index contributed by atoms with van der Waals surface area (Å²) in [7, 11) is 3.76. The molecule has 2 aromatic heterocycles. The first kappa shape index (κ1) is 30.0. The van der Waals surface area contributed by atoms with Crippen LogP contribution in [0, 0.1) is 11.8 Å². The van der Waals surface area contributed by atoms with Gasteiger partial charge in [0.15, 0.2) is 18.2 Å². The minimum absolute atomic E-state index is 0.0288. The number of carbonyl (C=O) groups excluding carboxylic acids is 2. The van der Waals surface area contributed by atoms with E-state index >= 15 is 0 Å². The molecule has 3 N–H and O–H groups in total. The number of carbonyl (C=O) groups is 2.